The molecule has 0 spiro atoms. The van der Waals surface area contributed by atoms with Crippen LogP contribution in [0, 0.1) is 0 Å². The van der Waals surface area contributed by atoms with Crippen molar-refractivity contribution in [1.82, 2.24) is 14.5 Å². The Morgan fingerprint density at radius 3 is 2.30 bits per heavy atom. The van der Waals surface area contributed by atoms with E-state index in [4.69, 9.17) is 0 Å². The van der Waals surface area contributed by atoms with E-state index in [-0.39, 0.29) is 22.9 Å². The Hall–Kier alpha value is -3.20. The summed E-state index contributed by atoms with van der Waals surface area (Å²) >= 11 is 0. The molecule has 8 nitrogen and oxygen atoms in total. The normalized spacial score (nSPS) is 15.4. The number of hydrogen-bond acceptors (Lipinski definition) is 5. The van der Waals surface area contributed by atoms with Gasteiger partial charge in [0.15, 0.2) is 0 Å². The smallest absolute Gasteiger partial charge is 0.269 e. The summed E-state index contributed by atoms with van der Waals surface area (Å²) in [6.07, 6.45) is 0.333. The monoisotopic (exact) mass is 429 g/mol. The predicted molar refractivity (Wildman–Crippen MR) is 110 cm³/mol. The minimum atomic E-state index is -4.12. The number of fused-ring (bicyclic) bond motifs is 1. The Morgan fingerprint density at radius 2 is 1.70 bits per heavy atom. The van der Waals surface area contributed by atoms with E-state index in [2.05, 4.69) is 5.32 Å². The topological polar surface area (TPSA) is 104 Å². The van der Waals surface area contributed by atoms with Crippen molar-refractivity contribution in [3.05, 3.63) is 65.7 Å². The summed E-state index contributed by atoms with van der Waals surface area (Å²) in [6.45, 7) is 1.20. The second-order valence-corrected chi connectivity index (χ2v) is 8.69. The molecule has 1 aliphatic rings. The number of carbonyl (C=O) groups is 3. The molecule has 1 aliphatic heterocycles. The second-order valence-electron chi connectivity index (χ2n) is 6.86. The van der Waals surface area contributed by atoms with E-state index in [1.807, 2.05) is 30.3 Å². The van der Waals surface area contributed by atoms with Crippen molar-refractivity contribution >= 4 is 27.7 Å². The number of likely N-dealkylation sites (N-methyl/N-ethyl adjacent to an activating group) is 1. The molecule has 0 fully saturated rings. The molecule has 3 rings (SSSR count). The van der Waals surface area contributed by atoms with Crippen LogP contribution >= 0.6 is 0 Å². The Balaban J connectivity index is 1.92. The molecule has 3 amide bonds. The highest BCUT2D eigenvalue weighted by Gasteiger charge is 2.43. The third-order valence-electron chi connectivity index (χ3n) is 5.02. The van der Waals surface area contributed by atoms with Crippen molar-refractivity contribution in [3.8, 4) is 0 Å². The molecule has 2 aromatic rings. The summed E-state index contributed by atoms with van der Waals surface area (Å²) in [5.74, 6) is -1.73. The first-order valence-corrected chi connectivity index (χ1v) is 11.0. The van der Waals surface area contributed by atoms with Crippen molar-refractivity contribution in [2.45, 2.75) is 30.8 Å². The predicted octanol–water partition coefficient (Wildman–Crippen LogP) is 1.38. The molecule has 0 radical (unpaired) electrons. The van der Waals surface area contributed by atoms with Crippen LogP contribution < -0.4 is 5.32 Å². The molecule has 30 heavy (non-hydrogen) atoms. The molecule has 1 atom stereocenters. The van der Waals surface area contributed by atoms with Gasteiger partial charge in [-0.15, -0.1) is 0 Å². The van der Waals surface area contributed by atoms with Gasteiger partial charge in [-0.1, -0.05) is 49.4 Å². The Bertz CT molecular complexity index is 1070. The number of nitrogens with one attached hydrogen (secondary N) is 1. The van der Waals surface area contributed by atoms with Crippen LogP contribution in [0.25, 0.3) is 0 Å². The van der Waals surface area contributed by atoms with Crippen molar-refractivity contribution in [2.75, 3.05) is 13.6 Å². The van der Waals surface area contributed by atoms with Gasteiger partial charge < -0.3 is 10.2 Å². The number of rotatable bonds is 7. The largest absolute Gasteiger partial charge is 0.357 e. The minimum absolute atomic E-state index is 0.0400. The molecule has 0 saturated carbocycles. The van der Waals surface area contributed by atoms with Gasteiger partial charge in [-0.2, -0.15) is 0 Å². The van der Waals surface area contributed by atoms with E-state index in [0.717, 1.165) is 5.56 Å². The van der Waals surface area contributed by atoms with Gasteiger partial charge in [-0.05, 0) is 24.1 Å². The molecule has 2 aromatic carbocycles. The van der Waals surface area contributed by atoms with Crippen LogP contribution in [0.4, 0.5) is 0 Å². The lowest BCUT2D eigenvalue weighted by Gasteiger charge is -2.31. The molecule has 9 heteroatoms. The van der Waals surface area contributed by atoms with Crippen LogP contribution in [0.1, 0.15) is 29.3 Å². The first-order valence-electron chi connectivity index (χ1n) is 9.52. The summed E-state index contributed by atoms with van der Waals surface area (Å²) in [5.41, 5.74) is 0.824. The lowest BCUT2D eigenvalue weighted by atomic mass is 10.1. The fraction of sp³-hybridized carbons (Fsp3) is 0.286. The quantitative estimate of drug-likeness (QED) is 0.716. The van der Waals surface area contributed by atoms with E-state index < -0.39 is 34.4 Å². The molecule has 0 bridgehead atoms. The van der Waals surface area contributed by atoms with Gasteiger partial charge in [0.25, 0.3) is 15.9 Å². The van der Waals surface area contributed by atoms with Gasteiger partial charge in [0, 0.05) is 13.6 Å². The van der Waals surface area contributed by atoms with Gasteiger partial charge in [0.2, 0.25) is 11.8 Å². The zero-order chi connectivity index (χ0) is 21.9. The van der Waals surface area contributed by atoms with Crippen LogP contribution in [0.15, 0.2) is 59.5 Å². The number of nitrogens with zero attached hydrogens (tertiary/aromatic N) is 2. The molecular formula is C21H23N3O5S. The van der Waals surface area contributed by atoms with Gasteiger partial charge in [-0.25, -0.2) is 12.7 Å². The maximum absolute atomic E-state index is 13.2. The van der Waals surface area contributed by atoms with Crippen LogP contribution in [-0.2, 0) is 26.2 Å². The Labute approximate surface area is 175 Å². The van der Waals surface area contributed by atoms with Gasteiger partial charge in [-0.3, -0.25) is 14.4 Å². The van der Waals surface area contributed by atoms with Gasteiger partial charge >= 0.3 is 0 Å². The molecule has 0 aliphatic carbocycles. The zero-order valence-corrected chi connectivity index (χ0v) is 17.6. The number of carbonyl (C=O) groups excluding carboxylic acids is 3. The van der Waals surface area contributed by atoms with Crippen molar-refractivity contribution in [2.24, 2.45) is 0 Å². The van der Waals surface area contributed by atoms with E-state index in [0.29, 0.717) is 10.7 Å². The molecular weight excluding hydrogens is 406 g/mol. The van der Waals surface area contributed by atoms with Gasteiger partial charge in [0.1, 0.15) is 17.5 Å². The molecule has 0 unspecified atom stereocenters. The highest BCUT2D eigenvalue weighted by Crippen LogP contribution is 2.30. The summed E-state index contributed by atoms with van der Waals surface area (Å²) < 4.78 is 26.2. The Kier molecular flexibility index (Phi) is 6.21. The first kappa shape index (κ1) is 21.5. The fourth-order valence-electron chi connectivity index (χ4n) is 3.47. The highest BCUT2D eigenvalue weighted by atomic mass is 32.2. The van der Waals surface area contributed by atoms with Crippen LogP contribution in [-0.4, -0.2) is 55.0 Å². The van der Waals surface area contributed by atoms with E-state index in [1.165, 1.54) is 30.1 Å². The highest BCUT2D eigenvalue weighted by molar-refractivity contribution is 7.90. The van der Waals surface area contributed by atoms with Crippen molar-refractivity contribution in [1.29, 1.82) is 0 Å². The molecule has 158 valence electrons. The number of sulfonamides is 1. The standard InChI is InChI=1S/C21H23N3O5S/c1-3-17(20(26)22-2)23(13-15-9-5-4-6-10-15)19(25)14-24-21(27)16-11-7-8-12-18(16)30(24,28)29/h4-12,17H,3,13-14H2,1-2H3,(H,22,26)/t17-/m0/s1. The van der Waals surface area contributed by atoms with E-state index >= 15 is 0 Å². The van der Waals surface area contributed by atoms with E-state index in [9.17, 15) is 22.8 Å². The Morgan fingerprint density at radius 1 is 1.07 bits per heavy atom. The fourth-order valence-corrected chi connectivity index (χ4v) is 4.99. The molecule has 1 N–H and O–H groups in total. The first-order chi connectivity index (χ1) is 14.3. The molecule has 1 heterocycles. The summed E-state index contributed by atoms with van der Waals surface area (Å²) in [4.78, 5) is 39.4. The maximum Gasteiger partial charge on any atom is 0.269 e. The van der Waals surface area contributed by atoms with Crippen LogP contribution in [0.3, 0.4) is 0 Å². The van der Waals surface area contributed by atoms with E-state index in [1.54, 1.807) is 13.0 Å². The zero-order valence-electron chi connectivity index (χ0n) is 16.7. The number of hydrogen-bond donors (Lipinski definition) is 1. The number of benzene rings is 2. The SMILES string of the molecule is CC[C@@H](C(=O)NC)N(Cc1ccccc1)C(=O)CN1C(=O)c2ccccc2S1(=O)=O. The molecule has 0 aromatic heterocycles. The lowest BCUT2D eigenvalue weighted by molar-refractivity contribution is -0.141. The summed E-state index contributed by atoms with van der Waals surface area (Å²) in [7, 11) is -2.65. The second kappa shape index (κ2) is 8.66. The van der Waals surface area contributed by atoms with Crippen molar-refractivity contribution in [3.63, 3.8) is 0 Å². The summed E-state index contributed by atoms with van der Waals surface area (Å²) in [5, 5.41) is 2.54. The maximum atomic E-state index is 13.2. The van der Waals surface area contributed by atoms with Crippen LogP contribution in [0.5, 0.6) is 0 Å². The number of amides is 3. The summed E-state index contributed by atoms with van der Waals surface area (Å²) in [6, 6.07) is 14.1. The third-order valence-corrected chi connectivity index (χ3v) is 6.81. The van der Waals surface area contributed by atoms with Crippen molar-refractivity contribution < 1.29 is 22.8 Å². The third kappa shape index (κ3) is 3.93. The minimum Gasteiger partial charge on any atom is -0.357 e. The van der Waals surface area contributed by atoms with Crippen LogP contribution in [0.2, 0.25) is 0 Å². The lowest BCUT2D eigenvalue weighted by Crippen LogP contribution is -2.51. The van der Waals surface area contributed by atoms with Gasteiger partial charge in [0.05, 0.1) is 5.56 Å². The average molecular weight is 429 g/mol. The average Bonchev–Trinajstić information content (AvgIpc) is 2.95. The molecule has 0 saturated heterocycles.